The third-order valence-corrected chi connectivity index (χ3v) is 5.90. The molecule has 0 aliphatic heterocycles. The molecule has 208 valence electrons. The maximum atomic E-state index is 13.3. The van der Waals surface area contributed by atoms with E-state index in [1.165, 1.54) is 32.0 Å². The van der Waals surface area contributed by atoms with E-state index < -0.39 is 54.0 Å². The predicted octanol–water partition coefficient (Wildman–Crippen LogP) is -1.59. The van der Waals surface area contributed by atoms with Crippen LogP contribution in [0.4, 0.5) is 0 Å². The molecule has 39 heavy (non-hydrogen) atoms. The summed E-state index contributed by atoms with van der Waals surface area (Å²) < 4.78 is 0. The summed E-state index contributed by atoms with van der Waals surface area (Å²) in [5.41, 5.74) is 7.86. The van der Waals surface area contributed by atoms with Gasteiger partial charge in [-0.2, -0.15) is 0 Å². The van der Waals surface area contributed by atoms with Crippen LogP contribution in [0.2, 0.25) is 0 Å². The lowest BCUT2D eigenvalue weighted by Gasteiger charge is -2.26. The van der Waals surface area contributed by atoms with E-state index in [2.05, 4.69) is 35.9 Å². The number of carboxylic acid groups (broad SMARTS) is 1. The average molecular weight is 541 g/mol. The second-order valence-electron chi connectivity index (χ2n) is 9.05. The minimum Gasteiger partial charge on any atom is -0.480 e. The number of H-pyrrole nitrogens is 2. The minimum absolute atomic E-state index is 0.0704. The van der Waals surface area contributed by atoms with E-state index in [4.69, 9.17) is 5.73 Å². The van der Waals surface area contributed by atoms with Gasteiger partial charge in [0.05, 0.1) is 24.8 Å². The molecule has 3 aromatic rings. The van der Waals surface area contributed by atoms with Gasteiger partial charge in [-0.3, -0.25) is 14.4 Å². The van der Waals surface area contributed by atoms with Crippen LogP contribution >= 0.6 is 0 Å². The number of aliphatic hydroxyl groups is 1. The fourth-order valence-corrected chi connectivity index (χ4v) is 3.80. The van der Waals surface area contributed by atoms with Crippen molar-refractivity contribution >= 4 is 23.7 Å². The molecule has 2 heterocycles. The molecule has 14 nitrogen and oxygen atoms in total. The van der Waals surface area contributed by atoms with Crippen molar-refractivity contribution in [1.82, 2.24) is 35.9 Å². The number of hydrogen-bond donors (Lipinski definition) is 8. The van der Waals surface area contributed by atoms with Crippen molar-refractivity contribution in [2.45, 2.75) is 56.5 Å². The van der Waals surface area contributed by atoms with E-state index in [-0.39, 0.29) is 19.3 Å². The number of nitrogens with two attached hydrogens (primary N) is 1. The Labute approximate surface area is 223 Å². The Morgan fingerprint density at radius 1 is 0.846 bits per heavy atom. The molecular weight excluding hydrogens is 508 g/mol. The number of nitrogens with zero attached hydrogens (tertiary/aromatic N) is 2. The Kier molecular flexibility index (Phi) is 10.3. The fraction of sp³-hybridized carbons (Fsp3) is 0.360. The number of benzene rings is 1. The molecule has 3 rings (SSSR count). The van der Waals surface area contributed by atoms with Crippen molar-refractivity contribution < 1.29 is 29.4 Å². The Bertz CT molecular complexity index is 1220. The number of aromatic amines is 2. The van der Waals surface area contributed by atoms with Crippen molar-refractivity contribution in [1.29, 1.82) is 0 Å². The van der Waals surface area contributed by atoms with E-state index in [1.54, 1.807) is 30.3 Å². The van der Waals surface area contributed by atoms with Crippen molar-refractivity contribution in [3.05, 3.63) is 72.3 Å². The molecule has 9 N–H and O–H groups in total. The molecule has 2 aromatic heterocycles. The number of amides is 3. The molecule has 0 aliphatic carbocycles. The normalized spacial score (nSPS) is 14.8. The lowest BCUT2D eigenvalue weighted by atomic mass is 10.0. The van der Waals surface area contributed by atoms with E-state index in [0.717, 1.165) is 5.56 Å². The molecule has 0 saturated carbocycles. The number of rotatable bonds is 14. The Hall–Kier alpha value is -4.56. The average Bonchev–Trinajstić information content (AvgIpc) is 3.61. The number of aromatic nitrogens is 4. The zero-order chi connectivity index (χ0) is 28.4. The maximum Gasteiger partial charge on any atom is 0.326 e. The van der Waals surface area contributed by atoms with Crippen LogP contribution in [0.15, 0.2) is 55.4 Å². The molecule has 0 spiro atoms. The van der Waals surface area contributed by atoms with E-state index in [1.807, 2.05) is 0 Å². The zero-order valence-electron chi connectivity index (χ0n) is 21.2. The molecule has 5 unspecified atom stereocenters. The van der Waals surface area contributed by atoms with Gasteiger partial charge in [0.15, 0.2) is 0 Å². The smallest absolute Gasteiger partial charge is 0.326 e. The first kappa shape index (κ1) is 29.0. The number of carbonyl (C=O) groups excluding carboxylic acids is 3. The Balaban J connectivity index is 1.72. The molecule has 3 amide bonds. The van der Waals surface area contributed by atoms with Gasteiger partial charge in [0.1, 0.15) is 18.1 Å². The van der Waals surface area contributed by atoms with Gasteiger partial charge in [-0.1, -0.05) is 30.3 Å². The summed E-state index contributed by atoms with van der Waals surface area (Å²) in [6.07, 6.45) is 4.52. The molecule has 0 bridgehead atoms. The first-order chi connectivity index (χ1) is 18.6. The number of imidazole rings is 2. The molecule has 0 aliphatic rings. The highest BCUT2D eigenvalue weighted by molar-refractivity contribution is 5.94. The Morgan fingerprint density at radius 3 is 1.97 bits per heavy atom. The van der Waals surface area contributed by atoms with E-state index >= 15 is 0 Å². The van der Waals surface area contributed by atoms with Gasteiger partial charge in [-0.25, -0.2) is 14.8 Å². The lowest BCUT2D eigenvalue weighted by molar-refractivity contribution is -0.143. The second-order valence-corrected chi connectivity index (χ2v) is 9.05. The van der Waals surface area contributed by atoms with Gasteiger partial charge in [0.2, 0.25) is 17.7 Å². The molecule has 0 fully saturated rings. The van der Waals surface area contributed by atoms with Crippen LogP contribution in [0.25, 0.3) is 0 Å². The number of aliphatic hydroxyl groups excluding tert-OH is 1. The van der Waals surface area contributed by atoms with E-state index in [9.17, 15) is 29.4 Å². The van der Waals surface area contributed by atoms with Crippen molar-refractivity contribution in [3.8, 4) is 0 Å². The second kappa shape index (κ2) is 13.8. The number of carbonyl (C=O) groups is 4. The summed E-state index contributed by atoms with van der Waals surface area (Å²) in [5, 5.41) is 27.2. The van der Waals surface area contributed by atoms with Crippen molar-refractivity contribution in [2.24, 2.45) is 5.73 Å². The van der Waals surface area contributed by atoms with Crippen LogP contribution in [0.5, 0.6) is 0 Å². The van der Waals surface area contributed by atoms with Crippen molar-refractivity contribution in [3.63, 3.8) is 0 Å². The summed E-state index contributed by atoms with van der Waals surface area (Å²) in [7, 11) is 0. The molecule has 0 radical (unpaired) electrons. The SMILES string of the molecule is CC(O)C(NC(=O)C(Cc1ccccc1)NC(=O)C(N)Cc1cnc[nH]1)C(=O)NC(Cc1cnc[nH]1)C(=O)O. The monoisotopic (exact) mass is 540 g/mol. The van der Waals surface area contributed by atoms with Crippen molar-refractivity contribution in [2.75, 3.05) is 0 Å². The summed E-state index contributed by atoms with van der Waals surface area (Å²) >= 11 is 0. The van der Waals surface area contributed by atoms with Gasteiger partial charge in [-0.15, -0.1) is 0 Å². The number of carboxylic acids is 1. The zero-order valence-corrected chi connectivity index (χ0v) is 21.2. The van der Waals surface area contributed by atoms with Gasteiger partial charge in [-0.05, 0) is 12.5 Å². The largest absolute Gasteiger partial charge is 0.480 e. The standard InChI is InChI=1S/C25H32N8O6/c1-14(34)21(24(37)32-20(25(38)39)9-17-11-28-13-30-17)33-23(36)19(7-15-5-3-2-4-6-15)31-22(35)18(26)8-16-10-27-12-29-16/h2-6,10-14,18-21,34H,7-9,26H2,1H3,(H,27,29)(H,28,30)(H,31,35)(H,32,37)(H,33,36)(H,38,39). The molecule has 5 atom stereocenters. The number of hydrogen-bond acceptors (Lipinski definition) is 8. The van der Waals surface area contributed by atoms with Crippen LogP contribution in [-0.4, -0.2) is 84.1 Å². The van der Waals surface area contributed by atoms with Crippen LogP contribution in [0, 0.1) is 0 Å². The highest BCUT2D eigenvalue weighted by atomic mass is 16.4. The third-order valence-electron chi connectivity index (χ3n) is 5.90. The lowest BCUT2D eigenvalue weighted by Crippen LogP contribution is -2.60. The van der Waals surface area contributed by atoms with Crippen LogP contribution < -0.4 is 21.7 Å². The summed E-state index contributed by atoms with van der Waals surface area (Å²) in [4.78, 5) is 64.2. The quantitative estimate of drug-likeness (QED) is 0.118. The van der Waals surface area contributed by atoms with Gasteiger partial charge >= 0.3 is 5.97 Å². The predicted molar refractivity (Wildman–Crippen MR) is 138 cm³/mol. The summed E-state index contributed by atoms with van der Waals surface area (Å²) in [6, 6.07) is 3.88. The topological polar surface area (TPSA) is 228 Å². The number of aliphatic carboxylic acids is 1. The summed E-state index contributed by atoms with van der Waals surface area (Å²) in [6.45, 7) is 1.28. The van der Waals surface area contributed by atoms with E-state index in [0.29, 0.717) is 11.4 Å². The molecule has 1 aromatic carbocycles. The molecule has 14 heteroatoms. The first-order valence-electron chi connectivity index (χ1n) is 12.2. The molecule has 0 saturated heterocycles. The van der Waals surface area contributed by atoms with Crippen LogP contribution in [-0.2, 0) is 38.4 Å². The van der Waals surface area contributed by atoms with Crippen LogP contribution in [0.1, 0.15) is 23.9 Å². The highest BCUT2D eigenvalue weighted by Gasteiger charge is 2.33. The van der Waals surface area contributed by atoms with Gasteiger partial charge in [0.25, 0.3) is 0 Å². The maximum absolute atomic E-state index is 13.3. The first-order valence-corrected chi connectivity index (χ1v) is 12.2. The molecular formula is C25H32N8O6. The third kappa shape index (κ3) is 8.76. The number of nitrogens with one attached hydrogen (secondary N) is 5. The van der Waals surface area contributed by atoms with Gasteiger partial charge < -0.3 is 41.9 Å². The minimum atomic E-state index is -1.50. The van der Waals surface area contributed by atoms with Crippen LogP contribution in [0.3, 0.4) is 0 Å². The summed E-state index contributed by atoms with van der Waals surface area (Å²) in [5.74, 6) is -3.59. The Morgan fingerprint density at radius 2 is 1.44 bits per heavy atom. The fourth-order valence-electron chi connectivity index (χ4n) is 3.80. The van der Waals surface area contributed by atoms with Gasteiger partial charge in [0, 0.05) is 43.0 Å². The highest BCUT2D eigenvalue weighted by Crippen LogP contribution is 2.07.